The van der Waals surface area contributed by atoms with Gasteiger partial charge in [0.1, 0.15) is 0 Å². The maximum atomic E-state index is 10.5. The van der Waals surface area contributed by atoms with Gasteiger partial charge in [0.2, 0.25) is 0 Å². The number of allylic oxidation sites excluding steroid dienone is 1. The Labute approximate surface area is 90.1 Å². The molecule has 1 N–H and O–H groups in total. The van der Waals surface area contributed by atoms with Crippen LogP contribution in [0.4, 0.5) is 0 Å². The average molecular weight is 210 g/mol. The highest BCUT2D eigenvalue weighted by atomic mass is 16.5. The number of ether oxygens (including phenoxy) is 1. The highest BCUT2D eigenvalue weighted by molar-refractivity contribution is 5.79. The van der Waals surface area contributed by atoms with Gasteiger partial charge in [-0.05, 0) is 43.9 Å². The minimum atomic E-state index is -0.835. The van der Waals surface area contributed by atoms with Crippen molar-refractivity contribution in [2.45, 2.75) is 44.1 Å². The van der Waals surface area contributed by atoms with Gasteiger partial charge in [-0.2, -0.15) is 0 Å². The predicted octanol–water partition coefficient (Wildman–Crippen LogP) is 2.37. The Balaban J connectivity index is 2.07. The number of carbonyl (C=O) groups is 1. The van der Waals surface area contributed by atoms with Crippen LogP contribution in [-0.2, 0) is 9.53 Å². The molecule has 0 aromatic carbocycles. The molecule has 0 heterocycles. The van der Waals surface area contributed by atoms with Crippen molar-refractivity contribution in [3.05, 3.63) is 12.2 Å². The van der Waals surface area contributed by atoms with Gasteiger partial charge in [0.05, 0.1) is 5.60 Å². The first kappa shape index (κ1) is 10.7. The van der Waals surface area contributed by atoms with Crippen molar-refractivity contribution in [2.75, 3.05) is 7.11 Å². The van der Waals surface area contributed by atoms with E-state index in [4.69, 9.17) is 9.84 Å². The molecule has 3 fully saturated rings. The molecule has 0 unspecified atom stereocenters. The molecule has 3 aliphatic carbocycles. The number of hydrogen-bond acceptors (Lipinski definition) is 2. The van der Waals surface area contributed by atoms with Crippen molar-refractivity contribution >= 4 is 5.97 Å². The summed E-state index contributed by atoms with van der Waals surface area (Å²) in [5, 5.41) is 8.65. The average Bonchev–Trinajstić information content (AvgIpc) is 2.29. The minimum absolute atomic E-state index is 0.110. The van der Waals surface area contributed by atoms with Crippen molar-refractivity contribution in [3.63, 3.8) is 0 Å². The van der Waals surface area contributed by atoms with Crippen LogP contribution in [0.3, 0.4) is 0 Å². The van der Waals surface area contributed by atoms with E-state index in [-0.39, 0.29) is 11.0 Å². The lowest BCUT2D eigenvalue weighted by Gasteiger charge is -2.51. The predicted molar refractivity (Wildman–Crippen MR) is 56.7 cm³/mol. The summed E-state index contributed by atoms with van der Waals surface area (Å²) in [4.78, 5) is 10.5. The maximum absolute atomic E-state index is 10.5. The Kier molecular flexibility index (Phi) is 2.59. The third-order valence-electron chi connectivity index (χ3n) is 4.25. The number of fused-ring (bicyclic) bond motifs is 3. The lowest BCUT2D eigenvalue weighted by molar-refractivity contribution is -0.131. The fourth-order valence-corrected chi connectivity index (χ4v) is 2.98. The lowest BCUT2D eigenvalue weighted by atomic mass is 9.58. The van der Waals surface area contributed by atoms with Crippen molar-refractivity contribution in [1.82, 2.24) is 0 Å². The summed E-state index contributed by atoms with van der Waals surface area (Å²) in [7, 11) is 1.80. The van der Waals surface area contributed by atoms with Gasteiger partial charge in [-0.1, -0.05) is 6.08 Å². The van der Waals surface area contributed by atoms with Gasteiger partial charge < -0.3 is 9.84 Å². The number of carboxylic acid groups (broad SMARTS) is 1. The van der Waals surface area contributed by atoms with Gasteiger partial charge >= 0.3 is 5.97 Å². The molecular weight excluding hydrogens is 192 g/mol. The van der Waals surface area contributed by atoms with Crippen LogP contribution in [0.5, 0.6) is 0 Å². The van der Waals surface area contributed by atoms with Gasteiger partial charge in [0, 0.05) is 13.2 Å². The van der Waals surface area contributed by atoms with Gasteiger partial charge in [0.25, 0.3) is 0 Å². The van der Waals surface area contributed by atoms with Crippen LogP contribution < -0.4 is 0 Å². The summed E-state index contributed by atoms with van der Waals surface area (Å²) in [6.45, 7) is 0. The summed E-state index contributed by atoms with van der Waals surface area (Å²) >= 11 is 0. The van der Waals surface area contributed by atoms with E-state index in [1.807, 2.05) is 6.08 Å². The fourth-order valence-electron chi connectivity index (χ4n) is 2.98. The van der Waals surface area contributed by atoms with E-state index in [1.54, 1.807) is 7.11 Å². The molecule has 0 aromatic heterocycles. The monoisotopic (exact) mass is 210 g/mol. The van der Waals surface area contributed by atoms with E-state index in [0.29, 0.717) is 0 Å². The second kappa shape index (κ2) is 3.63. The van der Waals surface area contributed by atoms with E-state index < -0.39 is 5.97 Å². The largest absolute Gasteiger partial charge is 0.478 e. The molecule has 3 nitrogen and oxygen atoms in total. The first-order valence-corrected chi connectivity index (χ1v) is 5.57. The van der Waals surface area contributed by atoms with Crippen LogP contribution >= 0.6 is 0 Å². The first-order valence-electron chi connectivity index (χ1n) is 5.57. The molecule has 3 aliphatic rings. The molecule has 0 saturated heterocycles. The Morgan fingerprint density at radius 2 is 1.73 bits per heavy atom. The standard InChI is InChI=1S/C12H18O3/c1-15-12-7-4-11(5-8-12,6-9-12)3-2-10(13)14/h2-3H,4-9H2,1H3,(H,13,14)/b3-2+. The zero-order chi connectivity index (χ0) is 10.9. The lowest BCUT2D eigenvalue weighted by Crippen LogP contribution is -2.46. The van der Waals surface area contributed by atoms with Crippen LogP contribution in [0.25, 0.3) is 0 Å². The topological polar surface area (TPSA) is 46.5 Å². The van der Waals surface area contributed by atoms with Crippen molar-refractivity contribution in [2.24, 2.45) is 5.41 Å². The third-order valence-corrected chi connectivity index (χ3v) is 4.25. The first-order chi connectivity index (χ1) is 7.10. The molecule has 0 amide bonds. The normalized spacial score (nSPS) is 39.8. The molecule has 3 heteroatoms. The van der Waals surface area contributed by atoms with Gasteiger partial charge in [-0.25, -0.2) is 4.79 Å². The van der Waals surface area contributed by atoms with Crippen molar-refractivity contribution < 1.29 is 14.6 Å². The summed E-state index contributed by atoms with van der Waals surface area (Å²) in [5.41, 5.74) is 0.261. The summed E-state index contributed by atoms with van der Waals surface area (Å²) < 4.78 is 5.60. The smallest absolute Gasteiger partial charge is 0.327 e. The Morgan fingerprint density at radius 3 is 2.13 bits per heavy atom. The number of rotatable bonds is 3. The molecule has 84 valence electrons. The number of carboxylic acids is 1. The summed E-state index contributed by atoms with van der Waals surface area (Å²) in [6, 6.07) is 0. The molecule has 3 saturated carbocycles. The van der Waals surface area contributed by atoms with Crippen LogP contribution in [0.2, 0.25) is 0 Å². The Morgan fingerprint density at radius 1 is 1.20 bits per heavy atom. The van der Waals surface area contributed by atoms with E-state index in [2.05, 4.69) is 0 Å². The van der Waals surface area contributed by atoms with Crippen LogP contribution in [0.1, 0.15) is 38.5 Å². The summed E-state index contributed by atoms with van der Waals surface area (Å²) in [6.07, 6.45) is 9.67. The van der Waals surface area contributed by atoms with Gasteiger partial charge in [0.15, 0.2) is 0 Å². The SMILES string of the molecule is COC12CCC(/C=C/C(=O)O)(CC1)CC2. The molecule has 0 atom stereocenters. The van der Waals surface area contributed by atoms with Gasteiger partial charge in [-0.15, -0.1) is 0 Å². The molecule has 0 aliphatic heterocycles. The zero-order valence-electron chi connectivity index (χ0n) is 9.16. The molecule has 15 heavy (non-hydrogen) atoms. The van der Waals surface area contributed by atoms with E-state index in [1.165, 1.54) is 6.08 Å². The van der Waals surface area contributed by atoms with Crippen LogP contribution in [0.15, 0.2) is 12.2 Å². The summed E-state index contributed by atoms with van der Waals surface area (Å²) in [5.74, 6) is -0.835. The van der Waals surface area contributed by atoms with Crippen LogP contribution in [-0.4, -0.2) is 23.8 Å². The molecule has 0 spiro atoms. The Hall–Kier alpha value is -0.830. The molecule has 0 radical (unpaired) electrons. The number of aliphatic carboxylic acids is 1. The fraction of sp³-hybridized carbons (Fsp3) is 0.750. The molecule has 2 bridgehead atoms. The Bertz CT molecular complexity index is 269. The van der Waals surface area contributed by atoms with E-state index >= 15 is 0 Å². The van der Waals surface area contributed by atoms with E-state index in [9.17, 15) is 4.79 Å². The molecular formula is C12H18O3. The van der Waals surface area contributed by atoms with E-state index in [0.717, 1.165) is 38.5 Å². The highest BCUT2D eigenvalue weighted by Crippen LogP contribution is 2.54. The van der Waals surface area contributed by atoms with Crippen molar-refractivity contribution in [3.8, 4) is 0 Å². The highest BCUT2D eigenvalue weighted by Gasteiger charge is 2.47. The quantitative estimate of drug-likeness (QED) is 0.727. The number of methoxy groups -OCH3 is 1. The minimum Gasteiger partial charge on any atom is -0.478 e. The second-order valence-electron chi connectivity index (χ2n) is 4.92. The second-order valence-corrected chi connectivity index (χ2v) is 4.92. The van der Waals surface area contributed by atoms with Crippen molar-refractivity contribution in [1.29, 1.82) is 0 Å². The molecule has 0 aromatic rings. The maximum Gasteiger partial charge on any atom is 0.327 e. The van der Waals surface area contributed by atoms with Gasteiger partial charge in [-0.3, -0.25) is 0 Å². The molecule has 3 rings (SSSR count). The zero-order valence-corrected chi connectivity index (χ0v) is 9.16. The van der Waals surface area contributed by atoms with Crippen LogP contribution in [0, 0.1) is 5.41 Å². The third kappa shape index (κ3) is 1.93. The number of hydrogen-bond donors (Lipinski definition) is 1.